The highest BCUT2D eigenvalue weighted by molar-refractivity contribution is 5.80. The van der Waals surface area contributed by atoms with Crippen LogP contribution in [0.15, 0.2) is 48.5 Å². The second-order valence-electron chi connectivity index (χ2n) is 6.27. The first-order valence-electron chi connectivity index (χ1n) is 8.81. The molecule has 5 nitrogen and oxygen atoms in total. The summed E-state index contributed by atoms with van der Waals surface area (Å²) in [5.74, 6) is 2.35. The van der Waals surface area contributed by atoms with Gasteiger partial charge in [-0.15, -0.1) is 0 Å². The summed E-state index contributed by atoms with van der Waals surface area (Å²) in [6.07, 6.45) is -0.577. The first kappa shape index (κ1) is 19.6. The van der Waals surface area contributed by atoms with E-state index in [0.29, 0.717) is 24.8 Å². The van der Waals surface area contributed by atoms with Gasteiger partial charge in [0.2, 0.25) is 0 Å². The second-order valence-corrected chi connectivity index (χ2v) is 6.27. The van der Waals surface area contributed by atoms with Gasteiger partial charge in [-0.3, -0.25) is 4.79 Å². The Kier molecular flexibility index (Phi) is 7.33. The highest BCUT2D eigenvalue weighted by Gasteiger charge is 2.16. The van der Waals surface area contributed by atoms with Gasteiger partial charge in [0.15, 0.2) is 6.10 Å². The zero-order valence-corrected chi connectivity index (χ0v) is 15.8. The van der Waals surface area contributed by atoms with E-state index in [9.17, 15) is 4.79 Å². The number of benzene rings is 2. The summed E-state index contributed by atoms with van der Waals surface area (Å²) in [7, 11) is 1.61. The number of hydrogen-bond acceptors (Lipinski definition) is 4. The minimum absolute atomic E-state index is 0.169. The van der Waals surface area contributed by atoms with Crippen LogP contribution in [0.2, 0.25) is 0 Å². The predicted molar refractivity (Wildman–Crippen MR) is 102 cm³/mol. The lowest BCUT2D eigenvalue weighted by molar-refractivity contribution is -0.127. The molecule has 0 aromatic heterocycles. The maximum Gasteiger partial charge on any atom is 0.260 e. The van der Waals surface area contributed by atoms with Gasteiger partial charge in [-0.2, -0.15) is 0 Å². The summed E-state index contributed by atoms with van der Waals surface area (Å²) in [4.78, 5) is 12.2. The fourth-order valence-electron chi connectivity index (χ4n) is 2.49. The van der Waals surface area contributed by atoms with Crippen LogP contribution in [0.3, 0.4) is 0 Å². The Labute approximate surface area is 155 Å². The van der Waals surface area contributed by atoms with Crippen LogP contribution in [0.1, 0.15) is 32.3 Å². The number of rotatable bonds is 9. The van der Waals surface area contributed by atoms with Crippen LogP contribution in [-0.2, 0) is 4.79 Å². The molecule has 2 rings (SSSR count). The molecule has 1 atom stereocenters. The van der Waals surface area contributed by atoms with Gasteiger partial charge in [0, 0.05) is 6.07 Å². The van der Waals surface area contributed by atoms with E-state index in [1.165, 1.54) is 0 Å². The fraction of sp³-hybridized carbons (Fsp3) is 0.381. The molecule has 0 saturated carbocycles. The van der Waals surface area contributed by atoms with Gasteiger partial charge in [0.1, 0.15) is 23.9 Å². The zero-order valence-electron chi connectivity index (χ0n) is 15.8. The molecule has 2 aromatic rings. The highest BCUT2D eigenvalue weighted by Crippen LogP contribution is 2.26. The van der Waals surface area contributed by atoms with Gasteiger partial charge in [0.25, 0.3) is 5.91 Å². The monoisotopic (exact) mass is 357 g/mol. The van der Waals surface area contributed by atoms with Gasteiger partial charge >= 0.3 is 0 Å². The Morgan fingerprint density at radius 2 is 1.77 bits per heavy atom. The van der Waals surface area contributed by atoms with Crippen LogP contribution < -0.4 is 19.5 Å². The average Bonchev–Trinajstić information content (AvgIpc) is 2.65. The molecule has 1 amide bonds. The van der Waals surface area contributed by atoms with Gasteiger partial charge in [0.05, 0.1) is 13.7 Å². The molecule has 0 spiro atoms. The maximum atomic E-state index is 12.2. The van der Waals surface area contributed by atoms with E-state index in [4.69, 9.17) is 14.2 Å². The largest absolute Gasteiger partial charge is 0.497 e. The number of carbonyl (C=O) groups excluding carboxylic acids is 1. The minimum Gasteiger partial charge on any atom is -0.497 e. The molecule has 1 N–H and O–H groups in total. The van der Waals surface area contributed by atoms with Gasteiger partial charge in [-0.05, 0) is 36.6 Å². The molecule has 0 fully saturated rings. The molecule has 1 unspecified atom stereocenters. The first-order valence-corrected chi connectivity index (χ1v) is 8.81. The number of amides is 1. The molecule has 0 aliphatic heterocycles. The van der Waals surface area contributed by atoms with E-state index in [1.807, 2.05) is 42.5 Å². The summed E-state index contributed by atoms with van der Waals surface area (Å²) >= 11 is 0. The summed E-state index contributed by atoms with van der Waals surface area (Å²) in [5, 5.41) is 2.83. The van der Waals surface area contributed by atoms with Crippen molar-refractivity contribution in [1.29, 1.82) is 0 Å². The molecule has 0 aliphatic rings. The van der Waals surface area contributed by atoms with Crippen molar-refractivity contribution in [3.63, 3.8) is 0 Å². The summed E-state index contributed by atoms with van der Waals surface area (Å²) in [5.41, 5.74) is 1.09. The standard InChI is InChI=1S/C21H27NO4/c1-15(2)19-10-5-6-11-20(19)26-16(3)21(23)22-12-13-25-18-9-7-8-17(14-18)24-4/h5-11,14-16H,12-13H2,1-4H3,(H,22,23). The number of hydrogen-bond donors (Lipinski definition) is 1. The van der Waals surface area contributed by atoms with Crippen LogP contribution >= 0.6 is 0 Å². The molecular weight excluding hydrogens is 330 g/mol. The molecule has 0 heterocycles. The Morgan fingerprint density at radius 3 is 2.50 bits per heavy atom. The normalized spacial score (nSPS) is 11.7. The van der Waals surface area contributed by atoms with Crippen LogP contribution in [-0.4, -0.2) is 32.3 Å². The molecule has 0 saturated heterocycles. The second kappa shape index (κ2) is 9.70. The number of para-hydroxylation sites is 1. The lowest BCUT2D eigenvalue weighted by Gasteiger charge is -2.18. The van der Waals surface area contributed by atoms with Gasteiger partial charge in [-0.1, -0.05) is 38.1 Å². The molecule has 140 valence electrons. The van der Waals surface area contributed by atoms with Crippen molar-refractivity contribution >= 4 is 5.91 Å². The van der Waals surface area contributed by atoms with Crippen LogP contribution in [0, 0.1) is 0 Å². The number of carbonyl (C=O) groups is 1. The zero-order chi connectivity index (χ0) is 18.9. The molecule has 0 bridgehead atoms. The lowest BCUT2D eigenvalue weighted by atomic mass is 10.0. The quantitative estimate of drug-likeness (QED) is 0.694. The minimum atomic E-state index is -0.577. The SMILES string of the molecule is COc1cccc(OCCNC(=O)C(C)Oc2ccccc2C(C)C)c1. The third-order valence-electron chi connectivity index (χ3n) is 3.93. The van der Waals surface area contributed by atoms with Crippen molar-refractivity contribution < 1.29 is 19.0 Å². The van der Waals surface area contributed by atoms with Crippen molar-refractivity contribution in [2.75, 3.05) is 20.3 Å². The van der Waals surface area contributed by atoms with Crippen molar-refractivity contribution in [2.45, 2.75) is 32.8 Å². The van der Waals surface area contributed by atoms with E-state index in [1.54, 1.807) is 20.1 Å². The Balaban J connectivity index is 1.79. The molecule has 5 heteroatoms. The van der Waals surface area contributed by atoms with Crippen molar-refractivity contribution in [3.05, 3.63) is 54.1 Å². The topological polar surface area (TPSA) is 56.8 Å². The van der Waals surface area contributed by atoms with Gasteiger partial charge < -0.3 is 19.5 Å². The Hall–Kier alpha value is -2.69. The first-order chi connectivity index (χ1) is 12.5. The van der Waals surface area contributed by atoms with E-state index >= 15 is 0 Å². The lowest BCUT2D eigenvalue weighted by Crippen LogP contribution is -2.38. The van der Waals surface area contributed by atoms with E-state index in [0.717, 1.165) is 17.1 Å². The summed E-state index contributed by atoms with van der Waals surface area (Å²) < 4.78 is 16.6. The van der Waals surface area contributed by atoms with Gasteiger partial charge in [-0.25, -0.2) is 0 Å². The molecule has 2 aromatic carbocycles. The average molecular weight is 357 g/mol. The van der Waals surface area contributed by atoms with Crippen LogP contribution in [0.5, 0.6) is 17.2 Å². The fourth-order valence-corrected chi connectivity index (χ4v) is 2.49. The molecule has 26 heavy (non-hydrogen) atoms. The Morgan fingerprint density at radius 1 is 1.04 bits per heavy atom. The smallest absolute Gasteiger partial charge is 0.260 e. The molecule has 0 radical (unpaired) electrons. The highest BCUT2D eigenvalue weighted by atomic mass is 16.5. The summed E-state index contributed by atoms with van der Waals surface area (Å²) in [6.45, 7) is 6.71. The van der Waals surface area contributed by atoms with E-state index in [2.05, 4.69) is 19.2 Å². The molecule has 0 aliphatic carbocycles. The summed E-state index contributed by atoms with van der Waals surface area (Å²) in [6, 6.07) is 15.2. The van der Waals surface area contributed by atoms with Crippen molar-refractivity contribution in [1.82, 2.24) is 5.32 Å². The number of ether oxygens (including phenoxy) is 3. The molecular formula is C21H27NO4. The third kappa shape index (κ3) is 5.69. The van der Waals surface area contributed by atoms with Crippen molar-refractivity contribution in [3.8, 4) is 17.2 Å². The van der Waals surface area contributed by atoms with Crippen molar-refractivity contribution in [2.24, 2.45) is 0 Å². The third-order valence-corrected chi connectivity index (χ3v) is 3.93. The van der Waals surface area contributed by atoms with E-state index in [-0.39, 0.29) is 5.91 Å². The van der Waals surface area contributed by atoms with Crippen LogP contribution in [0.25, 0.3) is 0 Å². The predicted octanol–water partition coefficient (Wildman–Crippen LogP) is 3.78. The van der Waals surface area contributed by atoms with E-state index < -0.39 is 6.10 Å². The number of nitrogens with one attached hydrogen (secondary N) is 1. The Bertz CT molecular complexity index is 715. The number of methoxy groups -OCH3 is 1. The maximum absolute atomic E-state index is 12.2. The van der Waals surface area contributed by atoms with Crippen LogP contribution in [0.4, 0.5) is 0 Å².